The third-order valence-electron chi connectivity index (χ3n) is 3.23. The molecule has 1 fully saturated rings. The summed E-state index contributed by atoms with van der Waals surface area (Å²) >= 11 is 1.74. The number of aromatic nitrogens is 1. The number of nitrogens with zero attached hydrogens (tertiary/aromatic N) is 2. The van der Waals surface area contributed by atoms with Gasteiger partial charge in [0.05, 0.1) is 24.9 Å². The Labute approximate surface area is 107 Å². The molecule has 4 nitrogen and oxygen atoms in total. The van der Waals surface area contributed by atoms with E-state index in [4.69, 9.17) is 15.5 Å². The molecule has 0 spiro atoms. The van der Waals surface area contributed by atoms with E-state index in [9.17, 15) is 0 Å². The number of nitrogens with two attached hydrogens (primary N) is 1. The Hall–Kier alpha value is -0.650. The fourth-order valence-electron chi connectivity index (χ4n) is 2.17. The lowest BCUT2D eigenvalue weighted by Gasteiger charge is -2.34. The number of anilines is 1. The SMILES string of the molecule is CCc1nc(N2CCOCC2CC)sc1CN. The van der Waals surface area contributed by atoms with Crippen LogP contribution in [0.15, 0.2) is 0 Å². The van der Waals surface area contributed by atoms with Crippen LogP contribution in [0, 0.1) is 0 Å². The average Bonchev–Trinajstić information content (AvgIpc) is 2.81. The van der Waals surface area contributed by atoms with Crippen LogP contribution in [-0.4, -0.2) is 30.8 Å². The zero-order valence-electron chi connectivity index (χ0n) is 10.6. The van der Waals surface area contributed by atoms with Gasteiger partial charge in [-0.3, -0.25) is 0 Å². The molecule has 2 N–H and O–H groups in total. The number of rotatable bonds is 4. The molecule has 1 saturated heterocycles. The Morgan fingerprint density at radius 3 is 2.94 bits per heavy atom. The minimum absolute atomic E-state index is 0.463. The molecule has 1 atom stereocenters. The Kier molecular flexibility index (Phi) is 4.36. The van der Waals surface area contributed by atoms with Crippen molar-refractivity contribution in [3.63, 3.8) is 0 Å². The molecule has 1 aliphatic rings. The molecular formula is C12H21N3OS. The lowest BCUT2D eigenvalue weighted by Crippen LogP contribution is -2.45. The van der Waals surface area contributed by atoms with Crippen molar-refractivity contribution in [3.8, 4) is 0 Å². The van der Waals surface area contributed by atoms with Gasteiger partial charge in [0.15, 0.2) is 5.13 Å². The van der Waals surface area contributed by atoms with Crippen LogP contribution in [0.3, 0.4) is 0 Å². The standard InChI is InChI=1S/C12H21N3OS/c1-3-9-8-16-6-5-15(9)12-14-10(4-2)11(7-13)17-12/h9H,3-8,13H2,1-2H3. The van der Waals surface area contributed by atoms with Crippen molar-refractivity contribution in [2.75, 3.05) is 24.7 Å². The van der Waals surface area contributed by atoms with Crippen molar-refractivity contribution in [2.45, 2.75) is 39.3 Å². The second kappa shape index (κ2) is 5.80. The Morgan fingerprint density at radius 2 is 2.35 bits per heavy atom. The highest BCUT2D eigenvalue weighted by Crippen LogP contribution is 2.29. The highest BCUT2D eigenvalue weighted by molar-refractivity contribution is 7.15. The van der Waals surface area contributed by atoms with Crippen molar-refractivity contribution < 1.29 is 4.74 Å². The van der Waals surface area contributed by atoms with Gasteiger partial charge in [-0.1, -0.05) is 13.8 Å². The normalized spacial score (nSPS) is 20.9. The van der Waals surface area contributed by atoms with E-state index < -0.39 is 0 Å². The lowest BCUT2D eigenvalue weighted by atomic mass is 10.2. The van der Waals surface area contributed by atoms with Crippen LogP contribution >= 0.6 is 11.3 Å². The molecule has 2 heterocycles. The van der Waals surface area contributed by atoms with Gasteiger partial charge >= 0.3 is 0 Å². The second-order valence-corrected chi connectivity index (χ2v) is 5.32. The summed E-state index contributed by atoms with van der Waals surface area (Å²) in [5.74, 6) is 0. The van der Waals surface area contributed by atoms with Gasteiger partial charge in [0, 0.05) is 18.0 Å². The van der Waals surface area contributed by atoms with Gasteiger partial charge < -0.3 is 15.4 Å². The molecule has 1 unspecified atom stereocenters. The van der Waals surface area contributed by atoms with Crippen LogP contribution in [0.2, 0.25) is 0 Å². The molecule has 0 aromatic carbocycles. The second-order valence-electron chi connectivity index (χ2n) is 4.25. The Bertz CT molecular complexity index is 345. The van der Waals surface area contributed by atoms with Gasteiger partial charge in [0.2, 0.25) is 0 Å². The number of thiazole rings is 1. The lowest BCUT2D eigenvalue weighted by molar-refractivity contribution is 0.0929. The molecule has 5 heteroatoms. The average molecular weight is 255 g/mol. The molecule has 0 amide bonds. The minimum atomic E-state index is 0.463. The molecule has 1 aromatic heterocycles. The maximum atomic E-state index is 5.76. The number of hydrogen-bond acceptors (Lipinski definition) is 5. The van der Waals surface area contributed by atoms with E-state index in [1.807, 2.05) is 0 Å². The molecule has 0 aliphatic carbocycles. The van der Waals surface area contributed by atoms with Gasteiger partial charge in [-0.2, -0.15) is 0 Å². The van der Waals surface area contributed by atoms with Gasteiger partial charge in [0.25, 0.3) is 0 Å². The quantitative estimate of drug-likeness (QED) is 0.891. The number of ether oxygens (including phenoxy) is 1. The van der Waals surface area contributed by atoms with E-state index in [0.29, 0.717) is 12.6 Å². The first kappa shape index (κ1) is 12.8. The van der Waals surface area contributed by atoms with E-state index >= 15 is 0 Å². The fourth-order valence-corrected chi connectivity index (χ4v) is 3.30. The van der Waals surface area contributed by atoms with Gasteiger partial charge in [0.1, 0.15) is 0 Å². The van der Waals surface area contributed by atoms with Crippen molar-refractivity contribution in [1.29, 1.82) is 0 Å². The van der Waals surface area contributed by atoms with Crippen LogP contribution in [0.1, 0.15) is 30.8 Å². The molecule has 2 rings (SSSR count). The van der Waals surface area contributed by atoms with Crippen molar-refractivity contribution >= 4 is 16.5 Å². The number of morpholine rings is 1. The summed E-state index contributed by atoms with van der Waals surface area (Å²) < 4.78 is 5.52. The zero-order chi connectivity index (χ0) is 12.3. The Morgan fingerprint density at radius 1 is 1.53 bits per heavy atom. The molecule has 0 radical (unpaired) electrons. The monoisotopic (exact) mass is 255 g/mol. The highest BCUT2D eigenvalue weighted by Gasteiger charge is 2.24. The molecular weight excluding hydrogens is 234 g/mol. The van der Waals surface area contributed by atoms with E-state index in [1.165, 1.54) is 4.88 Å². The van der Waals surface area contributed by atoms with E-state index in [2.05, 4.69) is 18.7 Å². The third-order valence-corrected chi connectivity index (χ3v) is 4.39. The first-order valence-corrected chi connectivity index (χ1v) is 7.14. The van der Waals surface area contributed by atoms with Crippen molar-refractivity contribution in [2.24, 2.45) is 5.73 Å². The van der Waals surface area contributed by atoms with Crippen LogP contribution in [0.25, 0.3) is 0 Å². The van der Waals surface area contributed by atoms with Crippen LogP contribution in [0.5, 0.6) is 0 Å². The fraction of sp³-hybridized carbons (Fsp3) is 0.750. The van der Waals surface area contributed by atoms with E-state index in [0.717, 1.165) is 43.4 Å². The van der Waals surface area contributed by atoms with Gasteiger partial charge in [-0.05, 0) is 12.8 Å². The summed E-state index contributed by atoms with van der Waals surface area (Å²) in [5.41, 5.74) is 6.92. The van der Waals surface area contributed by atoms with Crippen LogP contribution in [-0.2, 0) is 17.7 Å². The van der Waals surface area contributed by atoms with E-state index in [-0.39, 0.29) is 0 Å². The molecule has 0 saturated carbocycles. The summed E-state index contributed by atoms with van der Waals surface area (Å²) in [5, 5.41) is 1.12. The molecule has 1 aliphatic heterocycles. The molecule has 0 bridgehead atoms. The third kappa shape index (κ3) is 2.61. The van der Waals surface area contributed by atoms with E-state index in [1.54, 1.807) is 11.3 Å². The summed E-state index contributed by atoms with van der Waals surface area (Å²) in [6, 6.07) is 0.463. The number of aryl methyl sites for hydroxylation is 1. The topological polar surface area (TPSA) is 51.4 Å². The zero-order valence-corrected chi connectivity index (χ0v) is 11.4. The smallest absolute Gasteiger partial charge is 0.186 e. The van der Waals surface area contributed by atoms with Crippen LogP contribution in [0.4, 0.5) is 5.13 Å². The predicted octanol–water partition coefficient (Wildman–Crippen LogP) is 1.78. The van der Waals surface area contributed by atoms with Gasteiger partial charge in [-0.25, -0.2) is 4.98 Å². The minimum Gasteiger partial charge on any atom is -0.377 e. The number of hydrogen-bond donors (Lipinski definition) is 1. The molecule has 17 heavy (non-hydrogen) atoms. The largest absolute Gasteiger partial charge is 0.377 e. The summed E-state index contributed by atoms with van der Waals surface area (Å²) in [6.45, 7) is 7.49. The van der Waals surface area contributed by atoms with Crippen molar-refractivity contribution in [3.05, 3.63) is 10.6 Å². The van der Waals surface area contributed by atoms with Crippen LogP contribution < -0.4 is 10.6 Å². The maximum Gasteiger partial charge on any atom is 0.186 e. The summed E-state index contributed by atoms with van der Waals surface area (Å²) in [4.78, 5) is 8.34. The summed E-state index contributed by atoms with van der Waals surface area (Å²) in [6.07, 6.45) is 2.06. The first-order valence-electron chi connectivity index (χ1n) is 6.33. The molecule has 96 valence electrons. The highest BCUT2D eigenvalue weighted by atomic mass is 32.1. The summed E-state index contributed by atoms with van der Waals surface area (Å²) in [7, 11) is 0. The molecule has 1 aromatic rings. The Balaban J connectivity index is 2.22. The van der Waals surface area contributed by atoms with Gasteiger partial charge in [-0.15, -0.1) is 11.3 Å². The maximum absolute atomic E-state index is 5.76. The predicted molar refractivity (Wildman–Crippen MR) is 71.6 cm³/mol. The first-order chi connectivity index (χ1) is 8.30. The van der Waals surface area contributed by atoms with Crippen molar-refractivity contribution in [1.82, 2.24) is 4.98 Å².